The van der Waals surface area contributed by atoms with Gasteiger partial charge in [-0.3, -0.25) is 0 Å². The molecular weight excluding hydrogens is 301 g/mol. The lowest BCUT2D eigenvalue weighted by molar-refractivity contribution is -0.274. The Bertz CT molecular complexity index is 673. The van der Waals surface area contributed by atoms with E-state index < -0.39 is 6.36 Å². The van der Waals surface area contributed by atoms with Crippen LogP contribution in [0.2, 0.25) is 0 Å². The summed E-state index contributed by atoms with van der Waals surface area (Å²) in [4.78, 5) is 0. The number of aryl methyl sites for hydroxylation is 2. The van der Waals surface area contributed by atoms with Gasteiger partial charge in [-0.25, -0.2) is 0 Å². The van der Waals surface area contributed by atoms with E-state index in [4.69, 9.17) is 0 Å². The second kappa shape index (κ2) is 7.53. The molecule has 0 atom stereocenters. The number of hydrogen-bond acceptors (Lipinski definition) is 1. The molecule has 0 spiro atoms. The van der Waals surface area contributed by atoms with E-state index in [1.165, 1.54) is 6.07 Å². The van der Waals surface area contributed by atoms with Gasteiger partial charge in [0.2, 0.25) is 0 Å². The average molecular weight is 324 g/mol. The van der Waals surface area contributed by atoms with Gasteiger partial charge in [0, 0.05) is 0 Å². The standard InChI is InChI=1S/C17H17F3O.C2H6/c1-10-5-6-14(11(2)9-10)15-7-8-16(13(4)12(15)3)21-17(18,19)20;1-2/h5-9H,1-4H3;1-2H3. The first-order chi connectivity index (χ1) is 10.7. The van der Waals surface area contributed by atoms with Crippen molar-refractivity contribution in [2.75, 3.05) is 0 Å². The van der Waals surface area contributed by atoms with Crippen LogP contribution in [0.4, 0.5) is 13.2 Å². The van der Waals surface area contributed by atoms with Crippen molar-refractivity contribution in [2.24, 2.45) is 0 Å². The summed E-state index contributed by atoms with van der Waals surface area (Å²) >= 11 is 0. The van der Waals surface area contributed by atoms with Crippen molar-refractivity contribution in [3.8, 4) is 16.9 Å². The average Bonchev–Trinajstić information content (AvgIpc) is 2.46. The van der Waals surface area contributed by atoms with Crippen LogP contribution < -0.4 is 4.74 Å². The molecule has 126 valence electrons. The molecule has 23 heavy (non-hydrogen) atoms. The van der Waals surface area contributed by atoms with Crippen LogP contribution in [0, 0.1) is 27.7 Å². The summed E-state index contributed by atoms with van der Waals surface area (Å²) in [5.74, 6) is -0.145. The second-order valence-corrected chi connectivity index (χ2v) is 5.23. The molecule has 0 bridgehead atoms. The third-order valence-corrected chi connectivity index (χ3v) is 3.64. The minimum atomic E-state index is -4.67. The van der Waals surface area contributed by atoms with Crippen LogP contribution in [0.1, 0.15) is 36.1 Å². The number of rotatable bonds is 2. The first-order valence-electron chi connectivity index (χ1n) is 7.62. The molecule has 0 N–H and O–H groups in total. The number of halogens is 3. The maximum atomic E-state index is 12.4. The highest BCUT2D eigenvalue weighted by Crippen LogP contribution is 2.35. The fraction of sp³-hybridized carbons (Fsp3) is 0.368. The normalized spacial score (nSPS) is 10.8. The second-order valence-electron chi connectivity index (χ2n) is 5.23. The number of alkyl halides is 3. The van der Waals surface area contributed by atoms with E-state index in [-0.39, 0.29) is 5.75 Å². The van der Waals surface area contributed by atoms with Gasteiger partial charge in [0.25, 0.3) is 0 Å². The first-order valence-corrected chi connectivity index (χ1v) is 7.62. The summed E-state index contributed by atoms with van der Waals surface area (Å²) in [5.41, 5.74) is 5.51. The predicted octanol–water partition coefficient (Wildman–Crippen LogP) is 6.51. The Hall–Kier alpha value is -1.97. The van der Waals surface area contributed by atoms with Gasteiger partial charge in [0.1, 0.15) is 5.75 Å². The Morgan fingerprint density at radius 1 is 0.783 bits per heavy atom. The summed E-state index contributed by atoms with van der Waals surface area (Å²) in [6.07, 6.45) is -4.67. The molecule has 0 saturated carbocycles. The molecule has 0 aliphatic carbocycles. The minimum Gasteiger partial charge on any atom is -0.406 e. The number of benzene rings is 2. The molecule has 2 rings (SSSR count). The Kier molecular flexibility index (Phi) is 6.25. The van der Waals surface area contributed by atoms with Crippen molar-refractivity contribution >= 4 is 0 Å². The van der Waals surface area contributed by atoms with Crippen molar-refractivity contribution in [2.45, 2.75) is 47.9 Å². The number of hydrogen-bond donors (Lipinski definition) is 0. The largest absolute Gasteiger partial charge is 0.573 e. The van der Waals surface area contributed by atoms with Crippen molar-refractivity contribution in [1.82, 2.24) is 0 Å². The summed E-state index contributed by atoms with van der Waals surface area (Å²) in [7, 11) is 0. The highest BCUT2D eigenvalue weighted by molar-refractivity contribution is 5.73. The Labute approximate surface area is 136 Å². The van der Waals surface area contributed by atoms with E-state index in [1.54, 1.807) is 13.0 Å². The molecule has 0 aliphatic rings. The molecule has 4 heteroatoms. The zero-order valence-corrected chi connectivity index (χ0v) is 14.4. The van der Waals surface area contributed by atoms with E-state index in [2.05, 4.69) is 10.8 Å². The number of ether oxygens (including phenoxy) is 1. The molecule has 0 saturated heterocycles. The fourth-order valence-electron chi connectivity index (χ4n) is 2.44. The molecule has 2 aromatic carbocycles. The van der Waals surface area contributed by atoms with E-state index in [0.29, 0.717) is 5.56 Å². The highest BCUT2D eigenvalue weighted by Gasteiger charge is 2.32. The van der Waals surface area contributed by atoms with Crippen molar-refractivity contribution in [3.05, 3.63) is 52.6 Å². The van der Waals surface area contributed by atoms with Crippen LogP contribution in [-0.2, 0) is 0 Å². The smallest absolute Gasteiger partial charge is 0.406 e. The van der Waals surface area contributed by atoms with Gasteiger partial charge in [-0.2, -0.15) is 0 Å². The molecule has 0 radical (unpaired) electrons. The maximum absolute atomic E-state index is 12.4. The molecular formula is C19H23F3O. The van der Waals surface area contributed by atoms with E-state index in [0.717, 1.165) is 27.8 Å². The molecule has 0 aromatic heterocycles. The van der Waals surface area contributed by atoms with Gasteiger partial charge in [0.15, 0.2) is 0 Å². The molecule has 0 amide bonds. The topological polar surface area (TPSA) is 9.23 Å². The van der Waals surface area contributed by atoms with Crippen LogP contribution in [0.25, 0.3) is 11.1 Å². The summed E-state index contributed by atoms with van der Waals surface area (Å²) in [6, 6.07) is 9.11. The maximum Gasteiger partial charge on any atom is 0.573 e. The zero-order chi connectivity index (χ0) is 17.8. The fourth-order valence-corrected chi connectivity index (χ4v) is 2.44. The van der Waals surface area contributed by atoms with Crippen LogP contribution in [0.15, 0.2) is 30.3 Å². The monoisotopic (exact) mass is 324 g/mol. The van der Waals surface area contributed by atoms with Crippen LogP contribution in [0.3, 0.4) is 0 Å². The van der Waals surface area contributed by atoms with Gasteiger partial charge < -0.3 is 4.74 Å². The minimum absolute atomic E-state index is 0.145. The SMILES string of the molecule is CC.Cc1ccc(-c2ccc(OC(F)(F)F)c(C)c2C)c(C)c1. The van der Waals surface area contributed by atoms with Gasteiger partial charge in [-0.05, 0) is 61.6 Å². The third-order valence-electron chi connectivity index (χ3n) is 3.64. The van der Waals surface area contributed by atoms with E-state index in [1.807, 2.05) is 46.8 Å². The molecule has 2 aromatic rings. The van der Waals surface area contributed by atoms with Crippen LogP contribution in [-0.4, -0.2) is 6.36 Å². The summed E-state index contributed by atoms with van der Waals surface area (Å²) < 4.78 is 41.1. The lowest BCUT2D eigenvalue weighted by atomic mass is 9.93. The molecule has 0 unspecified atom stereocenters. The summed E-state index contributed by atoms with van der Waals surface area (Å²) in [5, 5.41) is 0. The van der Waals surface area contributed by atoms with Crippen molar-refractivity contribution in [3.63, 3.8) is 0 Å². The van der Waals surface area contributed by atoms with Gasteiger partial charge in [0.05, 0.1) is 0 Å². The van der Waals surface area contributed by atoms with E-state index >= 15 is 0 Å². The van der Waals surface area contributed by atoms with Crippen LogP contribution >= 0.6 is 0 Å². The highest BCUT2D eigenvalue weighted by atomic mass is 19.4. The quantitative estimate of drug-likeness (QED) is 0.611. The Balaban J connectivity index is 0.00000127. The Morgan fingerprint density at radius 2 is 1.35 bits per heavy atom. The molecule has 0 aliphatic heterocycles. The van der Waals surface area contributed by atoms with Gasteiger partial charge in [-0.15, -0.1) is 13.2 Å². The zero-order valence-electron chi connectivity index (χ0n) is 14.4. The lowest BCUT2D eigenvalue weighted by Crippen LogP contribution is -2.18. The Morgan fingerprint density at radius 3 is 1.87 bits per heavy atom. The summed E-state index contributed by atoms with van der Waals surface area (Å²) in [6.45, 7) is 11.5. The van der Waals surface area contributed by atoms with Crippen molar-refractivity contribution in [1.29, 1.82) is 0 Å². The molecule has 0 fully saturated rings. The van der Waals surface area contributed by atoms with Crippen LogP contribution in [0.5, 0.6) is 5.75 Å². The predicted molar refractivity (Wildman–Crippen MR) is 88.9 cm³/mol. The van der Waals surface area contributed by atoms with Gasteiger partial charge in [-0.1, -0.05) is 43.7 Å². The lowest BCUT2D eigenvalue weighted by Gasteiger charge is -2.17. The van der Waals surface area contributed by atoms with E-state index in [9.17, 15) is 13.2 Å². The third kappa shape index (κ3) is 4.75. The first kappa shape index (κ1) is 19.1. The molecule has 0 heterocycles. The van der Waals surface area contributed by atoms with Crippen molar-refractivity contribution < 1.29 is 17.9 Å². The molecule has 1 nitrogen and oxygen atoms in total. The van der Waals surface area contributed by atoms with Gasteiger partial charge >= 0.3 is 6.36 Å².